The van der Waals surface area contributed by atoms with E-state index in [-0.39, 0.29) is 36.7 Å². The molecule has 0 radical (unpaired) electrons. The van der Waals surface area contributed by atoms with Crippen LogP contribution >= 0.6 is 11.3 Å². The number of nitriles is 1. The van der Waals surface area contributed by atoms with E-state index >= 15 is 0 Å². The van der Waals surface area contributed by atoms with Crippen molar-refractivity contribution in [2.24, 2.45) is 0 Å². The summed E-state index contributed by atoms with van der Waals surface area (Å²) in [4.78, 5) is 36.0. The van der Waals surface area contributed by atoms with E-state index in [4.69, 9.17) is 5.26 Å². The fraction of sp³-hybridized carbons (Fsp3) is 0.190. The van der Waals surface area contributed by atoms with Crippen LogP contribution in [0.15, 0.2) is 53.9 Å². The number of nitro groups is 1. The van der Waals surface area contributed by atoms with Crippen molar-refractivity contribution in [1.82, 2.24) is 10.6 Å². The van der Waals surface area contributed by atoms with Crippen molar-refractivity contribution in [3.8, 4) is 6.07 Å². The summed E-state index contributed by atoms with van der Waals surface area (Å²) in [6, 6.07) is 15.2. The lowest BCUT2D eigenvalue weighted by atomic mass is 9.97. The second-order valence-electron chi connectivity index (χ2n) is 6.42. The predicted octanol–water partition coefficient (Wildman–Crippen LogP) is 3.35. The molecule has 0 spiro atoms. The predicted molar refractivity (Wildman–Crippen MR) is 113 cm³/mol. The Morgan fingerprint density at radius 2 is 1.87 bits per heavy atom. The summed E-state index contributed by atoms with van der Waals surface area (Å²) in [5, 5.41) is 28.0. The lowest BCUT2D eigenvalue weighted by Gasteiger charge is -2.17. The van der Waals surface area contributed by atoms with Gasteiger partial charge in [-0.05, 0) is 28.5 Å². The number of benzene rings is 2. The van der Waals surface area contributed by atoms with E-state index in [9.17, 15) is 19.7 Å². The van der Waals surface area contributed by atoms with Gasteiger partial charge >= 0.3 is 0 Å². The van der Waals surface area contributed by atoms with Gasteiger partial charge in [-0.25, -0.2) is 0 Å². The van der Waals surface area contributed by atoms with Gasteiger partial charge in [0.15, 0.2) is 0 Å². The highest BCUT2D eigenvalue weighted by molar-refractivity contribution is 7.17. The number of nitrogens with one attached hydrogen (secondary N) is 2. The summed E-state index contributed by atoms with van der Waals surface area (Å²) in [5.41, 5.74) is 0.389. The Labute approximate surface area is 176 Å². The summed E-state index contributed by atoms with van der Waals surface area (Å²) in [5.74, 6) is -1.65. The SMILES string of the molecule is N#CCCNC(=O)C(CNC(=O)c1ccccc1[N+](=O)[O-])c1csc2ccccc12. The van der Waals surface area contributed by atoms with Gasteiger partial charge in [0.1, 0.15) is 5.56 Å². The zero-order valence-electron chi connectivity index (χ0n) is 15.8. The zero-order chi connectivity index (χ0) is 21.5. The molecule has 3 rings (SSSR count). The molecule has 0 saturated heterocycles. The average molecular weight is 422 g/mol. The van der Waals surface area contributed by atoms with Crippen LogP contribution in [-0.2, 0) is 4.79 Å². The molecule has 1 heterocycles. The Kier molecular flexibility index (Phi) is 6.72. The number of hydrogen-bond acceptors (Lipinski definition) is 6. The maximum atomic E-state index is 12.8. The maximum Gasteiger partial charge on any atom is 0.282 e. The Morgan fingerprint density at radius 1 is 1.13 bits per heavy atom. The highest BCUT2D eigenvalue weighted by Gasteiger charge is 2.26. The minimum absolute atomic E-state index is 0.0377. The molecule has 0 aliphatic rings. The van der Waals surface area contributed by atoms with Gasteiger partial charge in [-0.1, -0.05) is 30.3 Å². The Hall–Kier alpha value is -3.77. The highest BCUT2D eigenvalue weighted by atomic mass is 32.1. The van der Waals surface area contributed by atoms with Crippen LogP contribution in [0.5, 0.6) is 0 Å². The van der Waals surface area contributed by atoms with E-state index in [1.54, 1.807) is 6.07 Å². The smallest absolute Gasteiger partial charge is 0.282 e. The summed E-state index contributed by atoms with van der Waals surface area (Å²) < 4.78 is 1.01. The molecule has 0 aliphatic carbocycles. The number of hydrogen-bond donors (Lipinski definition) is 2. The van der Waals surface area contributed by atoms with Gasteiger partial charge in [-0.2, -0.15) is 5.26 Å². The molecular weight excluding hydrogens is 404 g/mol. The number of nitrogens with zero attached hydrogens (tertiary/aromatic N) is 2. The molecule has 0 aliphatic heterocycles. The Morgan fingerprint density at radius 3 is 2.63 bits per heavy atom. The van der Waals surface area contributed by atoms with E-state index in [2.05, 4.69) is 10.6 Å². The summed E-state index contributed by atoms with van der Waals surface area (Å²) >= 11 is 1.49. The first kappa shape index (κ1) is 21.0. The number of carbonyl (C=O) groups excluding carboxylic acids is 2. The maximum absolute atomic E-state index is 12.8. The molecule has 9 heteroatoms. The third-order valence-corrected chi connectivity index (χ3v) is 5.53. The summed E-state index contributed by atoms with van der Waals surface area (Å²) in [7, 11) is 0. The second-order valence-corrected chi connectivity index (χ2v) is 7.33. The second kappa shape index (κ2) is 9.62. The zero-order valence-corrected chi connectivity index (χ0v) is 16.6. The molecule has 1 atom stereocenters. The van der Waals surface area contributed by atoms with Gasteiger partial charge in [-0.3, -0.25) is 19.7 Å². The van der Waals surface area contributed by atoms with Crippen LogP contribution in [0, 0.1) is 21.4 Å². The normalized spacial score (nSPS) is 11.4. The molecule has 2 amide bonds. The highest BCUT2D eigenvalue weighted by Crippen LogP contribution is 2.31. The molecule has 0 fully saturated rings. The van der Waals surface area contributed by atoms with Crippen molar-refractivity contribution in [2.75, 3.05) is 13.1 Å². The van der Waals surface area contributed by atoms with Gasteiger partial charge < -0.3 is 10.6 Å². The molecule has 1 unspecified atom stereocenters. The fourth-order valence-corrected chi connectivity index (χ4v) is 4.11. The van der Waals surface area contributed by atoms with Crippen LogP contribution in [0.3, 0.4) is 0 Å². The van der Waals surface area contributed by atoms with E-state index in [1.807, 2.05) is 35.7 Å². The van der Waals surface area contributed by atoms with Crippen molar-refractivity contribution in [3.63, 3.8) is 0 Å². The van der Waals surface area contributed by atoms with E-state index in [1.165, 1.54) is 29.5 Å². The van der Waals surface area contributed by atoms with Gasteiger partial charge in [0, 0.05) is 23.9 Å². The van der Waals surface area contributed by atoms with Gasteiger partial charge in [0.25, 0.3) is 11.6 Å². The van der Waals surface area contributed by atoms with Gasteiger partial charge in [0.2, 0.25) is 5.91 Å². The van der Waals surface area contributed by atoms with Gasteiger partial charge in [-0.15, -0.1) is 11.3 Å². The molecular formula is C21H18N4O4S. The van der Waals surface area contributed by atoms with Crippen molar-refractivity contribution in [2.45, 2.75) is 12.3 Å². The molecule has 30 heavy (non-hydrogen) atoms. The number of fused-ring (bicyclic) bond motifs is 1. The summed E-state index contributed by atoms with van der Waals surface area (Å²) in [6.45, 7) is 0.163. The largest absolute Gasteiger partial charge is 0.354 e. The molecule has 8 nitrogen and oxygen atoms in total. The average Bonchev–Trinajstić information content (AvgIpc) is 3.18. The summed E-state index contributed by atoms with van der Waals surface area (Å²) in [6.07, 6.45) is 0.172. The van der Waals surface area contributed by atoms with E-state index < -0.39 is 16.7 Å². The molecule has 1 aromatic heterocycles. The standard InChI is InChI=1S/C21H18N4O4S/c22-10-5-11-23-21(27)16(17-13-30-19-9-4-2-6-14(17)19)12-24-20(26)15-7-1-3-8-18(15)25(28)29/h1-4,6-9,13,16H,5,11-12H2,(H,23,27)(H,24,26). The third kappa shape index (κ3) is 4.61. The van der Waals surface area contributed by atoms with E-state index in [0.29, 0.717) is 0 Å². The number of rotatable bonds is 8. The van der Waals surface area contributed by atoms with Crippen molar-refractivity contribution in [1.29, 1.82) is 5.26 Å². The van der Waals surface area contributed by atoms with Crippen LogP contribution in [-0.4, -0.2) is 29.8 Å². The van der Waals surface area contributed by atoms with Crippen LogP contribution in [0.4, 0.5) is 5.69 Å². The van der Waals surface area contributed by atoms with Crippen LogP contribution in [0.2, 0.25) is 0 Å². The molecule has 0 saturated carbocycles. The van der Waals surface area contributed by atoms with Crippen LogP contribution in [0.1, 0.15) is 28.3 Å². The Bertz CT molecular complexity index is 1140. The fourth-order valence-electron chi connectivity index (χ4n) is 3.09. The molecule has 152 valence electrons. The van der Waals surface area contributed by atoms with Gasteiger partial charge in [0.05, 0.1) is 23.3 Å². The number of thiophene rings is 1. The first-order chi connectivity index (χ1) is 14.5. The number of para-hydroxylation sites is 1. The number of amides is 2. The first-order valence-electron chi connectivity index (χ1n) is 9.15. The van der Waals surface area contributed by atoms with Crippen molar-refractivity contribution >= 4 is 38.9 Å². The number of carbonyl (C=O) groups is 2. The molecule has 2 aromatic carbocycles. The van der Waals surface area contributed by atoms with Crippen LogP contribution < -0.4 is 10.6 Å². The number of nitro benzene ring substituents is 1. The topological polar surface area (TPSA) is 125 Å². The molecule has 0 bridgehead atoms. The van der Waals surface area contributed by atoms with Crippen LogP contribution in [0.25, 0.3) is 10.1 Å². The minimum Gasteiger partial charge on any atom is -0.354 e. The third-order valence-electron chi connectivity index (χ3n) is 4.55. The monoisotopic (exact) mass is 422 g/mol. The van der Waals surface area contributed by atoms with Crippen molar-refractivity contribution < 1.29 is 14.5 Å². The molecule has 2 N–H and O–H groups in total. The van der Waals surface area contributed by atoms with Crippen molar-refractivity contribution in [3.05, 3.63) is 75.2 Å². The Balaban J connectivity index is 1.84. The lowest BCUT2D eigenvalue weighted by molar-refractivity contribution is -0.385. The molecule has 3 aromatic rings. The quantitative estimate of drug-likeness (QED) is 0.327. The lowest BCUT2D eigenvalue weighted by Crippen LogP contribution is -2.37. The first-order valence-corrected chi connectivity index (χ1v) is 10.0. The van der Waals surface area contributed by atoms with E-state index in [0.717, 1.165) is 15.6 Å². The minimum atomic E-state index is -0.702.